The number of pyridine rings is 2. The van der Waals surface area contributed by atoms with Gasteiger partial charge in [0.05, 0.1) is 11.1 Å². The van der Waals surface area contributed by atoms with E-state index in [2.05, 4.69) is 4.98 Å². The van der Waals surface area contributed by atoms with Crippen molar-refractivity contribution in [2.45, 2.75) is 19.6 Å². The summed E-state index contributed by atoms with van der Waals surface area (Å²) in [4.78, 5) is 16.4. The van der Waals surface area contributed by atoms with Crippen LogP contribution in [-0.2, 0) is 12.7 Å². The van der Waals surface area contributed by atoms with Gasteiger partial charge in [0.1, 0.15) is 17.1 Å². The largest absolute Gasteiger partial charge is 0.416 e. The SMILES string of the molecule is Cc1ccc2c(n1)c(=O)c(C#N)cn2Cc1ccc(C(F)(F)F)cc1. The number of nitriles is 1. The number of nitrogens with zero attached hydrogens (tertiary/aromatic N) is 3. The third-order valence-corrected chi connectivity index (χ3v) is 3.82. The van der Waals surface area contributed by atoms with E-state index in [9.17, 15) is 18.0 Å². The molecule has 0 saturated carbocycles. The Morgan fingerprint density at radius 3 is 2.44 bits per heavy atom. The third-order valence-electron chi connectivity index (χ3n) is 3.82. The molecule has 3 aromatic rings. The summed E-state index contributed by atoms with van der Waals surface area (Å²) in [5.74, 6) is 0. The van der Waals surface area contributed by atoms with Crippen LogP contribution in [0.4, 0.5) is 13.2 Å². The first-order valence-electron chi connectivity index (χ1n) is 7.36. The molecule has 0 fully saturated rings. The van der Waals surface area contributed by atoms with Gasteiger partial charge in [-0.25, -0.2) is 4.98 Å². The molecule has 0 amide bonds. The summed E-state index contributed by atoms with van der Waals surface area (Å²) < 4.78 is 39.6. The summed E-state index contributed by atoms with van der Waals surface area (Å²) in [6, 6.07) is 10.1. The number of fused-ring (bicyclic) bond motifs is 1. The van der Waals surface area contributed by atoms with Gasteiger partial charge in [0.15, 0.2) is 0 Å². The summed E-state index contributed by atoms with van der Waals surface area (Å²) in [7, 11) is 0. The Kier molecular flexibility index (Phi) is 4.05. The Balaban J connectivity index is 2.09. The fourth-order valence-electron chi connectivity index (χ4n) is 2.57. The van der Waals surface area contributed by atoms with E-state index in [1.807, 2.05) is 6.07 Å². The number of aromatic nitrogens is 2. The minimum absolute atomic E-state index is 0.0579. The standard InChI is InChI=1S/C18H12F3N3O/c1-11-2-7-15-16(23-11)17(25)13(8-22)10-24(15)9-12-3-5-14(6-4-12)18(19,20)21/h2-7,10H,9H2,1H3. The van der Waals surface area contributed by atoms with Crippen molar-refractivity contribution in [2.75, 3.05) is 0 Å². The van der Waals surface area contributed by atoms with Gasteiger partial charge >= 0.3 is 6.18 Å². The summed E-state index contributed by atoms with van der Waals surface area (Å²) in [5.41, 5.74) is 0.710. The first-order valence-corrected chi connectivity index (χ1v) is 7.36. The Morgan fingerprint density at radius 1 is 1.16 bits per heavy atom. The molecule has 7 heteroatoms. The lowest BCUT2D eigenvalue weighted by molar-refractivity contribution is -0.137. The molecule has 0 saturated heterocycles. The molecule has 2 heterocycles. The van der Waals surface area contributed by atoms with Crippen LogP contribution in [0, 0.1) is 18.3 Å². The van der Waals surface area contributed by atoms with Gasteiger partial charge in [0.2, 0.25) is 5.43 Å². The third kappa shape index (κ3) is 3.24. The molecule has 0 N–H and O–H groups in total. The molecule has 3 rings (SSSR count). The number of alkyl halides is 3. The van der Waals surface area contributed by atoms with E-state index in [4.69, 9.17) is 5.26 Å². The second-order valence-electron chi connectivity index (χ2n) is 5.63. The van der Waals surface area contributed by atoms with Crippen molar-refractivity contribution in [3.05, 3.63) is 75.2 Å². The Hall–Kier alpha value is -3.14. The fourth-order valence-corrected chi connectivity index (χ4v) is 2.57. The average Bonchev–Trinajstić information content (AvgIpc) is 2.57. The number of halogens is 3. The van der Waals surface area contributed by atoms with Crippen molar-refractivity contribution in [3.63, 3.8) is 0 Å². The Labute approximate surface area is 140 Å². The molecule has 2 aromatic heterocycles. The van der Waals surface area contributed by atoms with Gasteiger partial charge in [0, 0.05) is 18.4 Å². The monoisotopic (exact) mass is 343 g/mol. The van der Waals surface area contributed by atoms with Crippen molar-refractivity contribution in [1.29, 1.82) is 5.26 Å². The molecule has 0 bridgehead atoms. The maximum absolute atomic E-state index is 12.7. The van der Waals surface area contributed by atoms with Gasteiger partial charge in [-0.3, -0.25) is 4.79 Å². The summed E-state index contributed by atoms with van der Waals surface area (Å²) in [6.45, 7) is 1.95. The van der Waals surface area contributed by atoms with E-state index in [1.165, 1.54) is 18.3 Å². The van der Waals surface area contributed by atoms with Crippen LogP contribution in [0.25, 0.3) is 11.0 Å². The highest BCUT2D eigenvalue weighted by atomic mass is 19.4. The zero-order chi connectivity index (χ0) is 18.2. The van der Waals surface area contributed by atoms with E-state index in [1.54, 1.807) is 23.6 Å². The van der Waals surface area contributed by atoms with E-state index in [-0.39, 0.29) is 17.6 Å². The van der Waals surface area contributed by atoms with Gasteiger partial charge in [-0.05, 0) is 36.8 Å². The second-order valence-corrected chi connectivity index (χ2v) is 5.63. The molecule has 0 unspecified atom stereocenters. The van der Waals surface area contributed by atoms with Crippen molar-refractivity contribution >= 4 is 11.0 Å². The van der Waals surface area contributed by atoms with Gasteiger partial charge in [-0.1, -0.05) is 12.1 Å². The lowest BCUT2D eigenvalue weighted by atomic mass is 10.1. The van der Waals surface area contributed by atoms with E-state index >= 15 is 0 Å². The van der Waals surface area contributed by atoms with Crippen molar-refractivity contribution < 1.29 is 13.2 Å². The molecule has 25 heavy (non-hydrogen) atoms. The second kappa shape index (κ2) is 6.06. The van der Waals surface area contributed by atoms with Crippen molar-refractivity contribution in [2.24, 2.45) is 0 Å². The summed E-state index contributed by atoms with van der Waals surface area (Å²) in [6.07, 6.45) is -2.99. The molecule has 0 atom stereocenters. The number of hydrogen-bond donors (Lipinski definition) is 0. The lowest BCUT2D eigenvalue weighted by Crippen LogP contribution is -2.15. The molecular weight excluding hydrogens is 331 g/mol. The molecule has 0 spiro atoms. The zero-order valence-electron chi connectivity index (χ0n) is 13.1. The fraction of sp³-hybridized carbons (Fsp3) is 0.167. The lowest BCUT2D eigenvalue weighted by Gasteiger charge is -2.13. The van der Waals surface area contributed by atoms with E-state index in [0.29, 0.717) is 16.8 Å². The maximum Gasteiger partial charge on any atom is 0.416 e. The van der Waals surface area contributed by atoms with E-state index in [0.717, 1.165) is 12.1 Å². The number of aryl methyl sites for hydroxylation is 1. The molecule has 0 aliphatic heterocycles. The average molecular weight is 343 g/mol. The van der Waals surface area contributed by atoms with Crippen LogP contribution in [0.5, 0.6) is 0 Å². The first-order chi connectivity index (χ1) is 11.8. The molecule has 0 aliphatic carbocycles. The predicted octanol–water partition coefficient (Wildman–Crippen LogP) is 3.64. The molecule has 126 valence electrons. The number of benzene rings is 1. The van der Waals surface area contributed by atoms with Crippen LogP contribution in [0.3, 0.4) is 0 Å². The van der Waals surface area contributed by atoms with Crippen LogP contribution in [0.15, 0.2) is 47.4 Å². The van der Waals surface area contributed by atoms with Crippen molar-refractivity contribution in [1.82, 2.24) is 9.55 Å². The summed E-state index contributed by atoms with van der Waals surface area (Å²) in [5, 5.41) is 9.15. The molecule has 4 nitrogen and oxygen atoms in total. The zero-order valence-corrected chi connectivity index (χ0v) is 13.1. The van der Waals surface area contributed by atoms with Crippen LogP contribution in [0.1, 0.15) is 22.4 Å². The van der Waals surface area contributed by atoms with Gasteiger partial charge < -0.3 is 4.57 Å². The van der Waals surface area contributed by atoms with Crippen LogP contribution < -0.4 is 5.43 Å². The smallest absolute Gasteiger partial charge is 0.340 e. The highest BCUT2D eigenvalue weighted by molar-refractivity contribution is 5.76. The topological polar surface area (TPSA) is 58.7 Å². The highest BCUT2D eigenvalue weighted by Gasteiger charge is 2.29. The van der Waals surface area contributed by atoms with E-state index < -0.39 is 17.2 Å². The van der Waals surface area contributed by atoms with Crippen LogP contribution in [-0.4, -0.2) is 9.55 Å². The molecule has 0 aliphatic rings. The minimum Gasteiger partial charge on any atom is -0.340 e. The molecule has 1 aromatic carbocycles. The van der Waals surface area contributed by atoms with Crippen LogP contribution in [0.2, 0.25) is 0 Å². The maximum atomic E-state index is 12.7. The Bertz CT molecular complexity index is 1040. The number of hydrogen-bond acceptors (Lipinski definition) is 3. The predicted molar refractivity (Wildman–Crippen MR) is 86.0 cm³/mol. The minimum atomic E-state index is -4.39. The number of rotatable bonds is 2. The van der Waals surface area contributed by atoms with Gasteiger partial charge in [-0.15, -0.1) is 0 Å². The normalized spacial score (nSPS) is 11.5. The molecular formula is C18H12F3N3O. The first kappa shape index (κ1) is 16.7. The summed E-state index contributed by atoms with van der Waals surface area (Å²) >= 11 is 0. The quantitative estimate of drug-likeness (QED) is 0.714. The molecule has 0 radical (unpaired) electrons. The highest BCUT2D eigenvalue weighted by Crippen LogP contribution is 2.29. The Morgan fingerprint density at radius 2 is 1.84 bits per heavy atom. The van der Waals surface area contributed by atoms with Crippen LogP contribution >= 0.6 is 0 Å². The van der Waals surface area contributed by atoms with Gasteiger partial charge in [-0.2, -0.15) is 18.4 Å². The van der Waals surface area contributed by atoms with Gasteiger partial charge in [0.25, 0.3) is 0 Å². The van der Waals surface area contributed by atoms with Crippen molar-refractivity contribution in [3.8, 4) is 6.07 Å².